The van der Waals surface area contributed by atoms with Crippen LogP contribution in [-0.2, 0) is 28.5 Å². The Morgan fingerprint density at radius 1 is 0.367 bits per heavy atom. The van der Waals surface area contributed by atoms with Gasteiger partial charge in [-0.3, -0.25) is 4.79 Å². The lowest BCUT2D eigenvalue weighted by Crippen LogP contribution is -2.37. The monoisotopic (exact) mass is 1100 g/mol. The highest BCUT2D eigenvalue weighted by Crippen LogP contribution is 2.41. The second-order valence-corrected chi connectivity index (χ2v) is 21.6. The molecule has 2 saturated heterocycles. The van der Waals surface area contributed by atoms with E-state index in [4.69, 9.17) is 23.7 Å². The van der Waals surface area contributed by atoms with Crippen LogP contribution in [-0.4, -0.2) is 88.8 Å². The van der Waals surface area contributed by atoms with Crippen molar-refractivity contribution in [2.24, 2.45) is 0 Å². The zero-order chi connectivity index (χ0) is 55.3. The molecule has 8 aromatic carbocycles. The van der Waals surface area contributed by atoms with Crippen LogP contribution in [0.4, 0.5) is 8.78 Å². The van der Waals surface area contributed by atoms with E-state index in [1.54, 1.807) is 67.6 Å². The first-order valence-electron chi connectivity index (χ1n) is 25.5. The Bertz CT molecular complexity index is 3320. The second kappa shape index (κ2) is 26.3. The summed E-state index contributed by atoms with van der Waals surface area (Å²) in [4.78, 5) is 62.8. The summed E-state index contributed by atoms with van der Waals surface area (Å²) in [5.41, 5.74) is 8.04. The van der Waals surface area contributed by atoms with Crippen molar-refractivity contribution in [2.75, 3.05) is 13.2 Å². The molecule has 79 heavy (non-hydrogen) atoms. The molecular weight excluding hydrogens is 1040 g/mol. The Kier molecular flexibility index (Phi) is 18.5. The fraction of sp³-hybridized carbons (Fsp3) is 0.185. The van der Waals surface area contributed by atoms with Gasteiger partial charge in [0, 0.05) is 12.2 Å². The summed E-state index contributed by atoms with van der Waals surface area (Å²) in [5.74, 6) is -3.09. The molecule has 8 aromatic rings. The van der Waals surface area contributed by atoms with E-state index in [2.05, 4.69) is 0 Å². The largest absolute Gasteiger partial charge is 0.461 e. The van der Waals surface area contributed by atoms with Crippen molar-refractivity contribution in [3.8, 4) is 44.5 Å². The van der Waals surface area contributed by atoms with Gasteiger partial charge in [-0.05, 0) is 93.0 Å². The average Bonchev–Trinajstić information content (AvgIpc) is 3.99. The molecule has 1 unspecified atom stereocenters. The van der Waals surface area contributed by atoms with Crippen molar-refractivity contribution in [2.45, 2.75) is 59.6 Å². The molecule has 2 heterocycles. The molecule has 2 aliphatic rings. The van der Waals surface area contributed by atoms with Gasteiger partial charge in [0.1, 0.15) is 25.5 Å². The number of hydrogen-bond donors (Lipinski definition) is 0. The summed E-state index contributed by atoms with van der Waals surface area (Å²) in [5, 5.41) is -1.67. The van der Waals surface area contributed by atoms with E-state index in [0.29, 0.717) is 16.7 Å². The predicted molar refractivity (Wildman–Crippen MR) is 304 cm³/mol. The fourth-order valence-electron chi connectivity index (χ4n) is 8.97. The van der Waals surface area contributed by atoms with E-state index in [9.17, 15) is 24.0 Å². The lowest BCUT2D eigenvalue weighted by Gasteiger charge is -2.21. The molecule has 8 atom stereocenters. The summed E-state index contributed by atoms with van der Waals surface area (Å²) in [6.07, 6.45) is -5.46. The van der Waals surface area contributed by atoms with Crippen LogP contribution < -0.4 is 0 Å². The van der Waals surface area contributed by atoms with Gasteiger partial charge in [0.25, 0.3) is 0 Å². The van der Waals surface area contributed by atoms with Crippen LogP contribution in [0, 0.1) is 0 Å². The van der Waals surface area contributed by atoms with Crippen LogP contribution >= 0.6 is 23.5 Å². The molecule has 2 fully saturated rings. The number of carbonyl (C=O) groups is 5. The van der Waals surface area contributed by atoms with Crippen LogP contribution in [0.2, 0.25) is 0 Å². The number of thioether (sulfide) groups is 2. The van der Waals surface area contributed by atoms with Gasteiger partial charge in [-0.25, -0.2) is 28.0 Å². The summed E-state index contributed by atoms with van der Waals surface area (Å²) in [6, 6.07) is 67.0. The quantitative estimate of drug-likeness (QED) is 0.0715. The van der Waals surface area contributed by atoms with E-state index in [1.807, 2.05) is 158 Å². The first-order chi connectivity index (χ1) is 38.4. The molecule has 14 heteroatoms. The van der Waals surface area contributed by atoms with Gasteiger partial charge in [-0.15, -0.1) is 23.5 Å². The predicted octanol–water partition coefficient (Wildman–Crippen LogP) is 14.0. The van der Waals surface area contributed by atoms with Crippen molar-refractivity contribution in [1.29, 1.82) is 0 Å². The summed E-state index contributed by atoms with van der Waals surface area (Å²) in [7, 11) is 0. The van der Waals surface area contributed by atoms with Crippen molar-refractivity contribution in [3.63, 3.8) is 0 Å². The number of carbonyl (C=O) groups excluding carboxylic acids is 5. The van der Waals surface area contributed by atoms with Crippen molar-refractivity contribution in [1.82, 2.24) is 0 Å². The third kappa shape index (κ3) is 14.2. The van der Waals surface area contributed by atoms with Gasteiger partial charge in [0.15, 0.2) is 17.7 Å². The van der Waals surface area contributed by atoms with E-state index >= 15 is 8.78 Å². The number of halogens is 2. The van der Waals surface area contributed by atoms with Gasteiger partial charge in [0.2, 0.25) is 0 Å². The first kappa shape index (κ1) is 55.4. The summed E-state index contributed by atoms with van der Waals surface area (Å²) < 4.78 is 57.7. The minimum absolute atomic E-state index is 0.0560. The zero-order valence-electron chi connectivity index (χ0n) is 43.0. The van der Waals surface area contributed by atoms with Crippen LogP contribution in [0.15, 0.2) is 218 Å². The maximum atomic E-state index is 15.4. The number of rotatable bonds is 15. The number of hydrogen-bond acceptors (Lipinski definition) is 12. The Morgan fingerprint density at radius 3 is 0.962 bits per heavy atom. The normalized spacial score (nSPS) is 20.2. The van der Waals surface area contributed by atoms with E-state index in [0.717, 1.165) is 56.3 Å². The van der Waals surface area contributed by atoms with E-state index in [1.165, 1.54) is 18.7 Å². The second-order valence-electron chi connectivity index (χ2n) is 18.6. The van der Waals surface area contributed by atoms with Gasteiger partial charge >= 0.3 is 29.8 Å². The number of ether oxygens (including phenoxy) is 5. The summed E-state index contributed by atoms with van der Waals surface area (Å²) >= 11 is 2.28. The zero-order valence-corrected chi connectivity index (χ0v) is 44.6. The van der Waals surface area contributed by atoms with Crippen molar-refractivity contribution in [3.05, 3.63) is 241 Å². The molecule has 10 nitrogen and oxygen atoms in total. The number of esters is 5. The Morgan fingerprint density at radius 2 is 0.646 bits per heavy atom. The molecule has 0 aromatic heterocycles. The molecule has 0 saturated carbocycles. The van der Waals surface area contributed by atoms with Gasteiger partial charge in [-0.1, -0.05) is 177 Å². The smallest absolute Gasteiger partial charge is 0.338 e. The molecule has 0 spiro atoms. The standard InChI is InChI=1S/C33H27FO6S.C32H27FO4S/c1-21(35)39-33-29(34)30(40-32(37)27-18-14-25(15-19-27)23-10-6-3-7-11-23)28(41-33)20-38-31(36)26-16-12-24(13-17-26)22-8-4-2-5-9-22;1-21-29(33)30(37-32(35)27-18-14-25(15-19-27)23-10-6-3-7-11-23)28(38-21)20-36-31(34)26-16-12-24(13-17-26)22-8-4-2-5-9-22/h2-19,28-30,33H,20H2,1H3;2-19,21,28-30H,20H2,1H3/t28-,29+,30-,33?;21-,28-,29-,30-/m11/s1. The molecule has 10 rings (SSSR count). The SMILES string of the molecule is CC(=O)OC1S[C@H](COC(=O)c2ccc(-c3ccccc3)cc2)[C@@H](OC(=O)c2ccc(-c3ccccc3)cc2)[C@@H]1F.C[C@H]1S[C@H](COC(=O)c2ccc(-c3ccccc3)cc2)[C@@H](OC(=O)c2ccc(-c3ccccc3)cc2)[C@@H]1F. The molecule has 0 aliphatic carbocycles. The minimum Gasteiger partial charge on any atom is -0.461 e. The van der Waals surface area contributed by atoms with E-state index in [-0.39, 0.29) is 24.0 Å². The van der Waals surface area contributed by atoms with Crippen molar-refractivity contribution >= 4 is 53.4 Å². The Labute approximate surface area is 465 Å². The Balaban J connectivity index is 0.000000192. The molecule has 0 N–H and O–H groups in total. The molecule has 0 bridgehead atoms. The van der Waals surface area contributed by atoms with Gasteiger partial charge in [-0.2, -0.15) is 0 Å². The highest BCUT2D eigenvalue weighted by Gasteiger charge is 2.50. The van der Waals surface area contributed by atoms with E-state index < -0.39 is 70.3 Å². The van der Waals surface area contributed by atoms with Crippen LogP contribution in [0.3, 0.4) is 0 Å². The van der Waals surface area contributed by atoms with Crippen LogP contribution in [0.25, 0.3) is 44.5 Å². The van der Waals surface area contributed by atoms with Crippen LogP contribution in [0.1, 0.15) is 55.3 Å². The van der Waals surface area contributed by atoms with Crippen molar-refractivity contribution < 1.29 is 56.4 Å². The molecule has 2 aliphatic heterocycles. The Hall–Kier alpha value is -8.33. The number of benzene rings is 8. The molecule has 0 radical (unpaired) electrons. The highest BCUT2D eigenvalue weighted by molar-refractivity contribution is 8.01. The summed E-state index contributed by atoms with van der Waals surface area (Å²) in [6.45, 7) is 2.62. The third-order valence-electron chi connectivity index (χ3n) is 13.2. The third-order valence-corrected chi connectivity index (χ3v) is 16.0. The highest BCUT2D eigenvalue weighted by atomic mass is 32.2. The molecular formula is C65H54F2O10S2. The maximum absolute atomic E-state index is 15.4. The maximum Gasteiger partial charge on any atom is 0.338 e. The lowest BCUT2D eigenvalue weighted by atomic mass is 10.0. The lowest BCUT2D eigenvalue weighted by molar-refractivity contribution is -0.145. The average molecular weight is 1100 g/mol. The first-order valence-corrected chi connectivity index (χ1v) is 27.4. The molecule has 400 valence electrons. The van der Waals surface area contributed by atoms with Gasteiger partial charge in [0.05, 0.1) is 32.8 Å². The fourth-order valence-corrected chi connectivity index (χ4v) is 11.7. The van der Waals surface area contributed by atoms with Crippen LogP contribution in [0.5, 0.6) is 0 Å². The van der Waals surface area contributed by atoms with Gasteiger partial charge < -0.3 is 23.7 Å². The number of alkyl halides is 2. The topological polar surface area (TPSA) is 132 Å². The minimum atomic E-state index is -1.80. The molecule has 0 amide bonds.